The predicted octanol–water partition coefficient (Wildman–Crippen LogP) is 2.26. The SMILES string of the molecule is CC(C)CC1CN(c2cccc3cnccc23)CCN1C(=O)CN. The first-order valence-corrected chi connectivity index (χ1v) is 8.67. The van der Waals surface area contributed by atoms with Gasteiger partial charge in [-0.1, -0.05) is 26.0 Å². The molecule has 2 N–H and O–H groups in total. The van der Waals surface area contributed by atoms with E-state index in [1.54, 1.807) is 0 Å². The fraction of sp³-hybridized carbons (Fsp3) is 0.474. The summed E-state index contributed by atoms with van der Waals surface area (Å²) < 4.78 is 0. The van der Waals surface area contributed by atoms with Gasteiger partial charge in [-0.25, -0.2) is 0 Å². The van der Waals surface area contributed by atoms with Gasteiger partial charge in [0.25, 0.3) is 0 Å². The largest absolute Gasteiger partial charge is 0.367 e. The van der Waals surface area contributed by atoms with Crippen LogP contribution in [0.5, 0.6) is 0 Å². The van der Waals surface area contributed by atoms with Gasteiger partial charge < -0.3 is 15.5 Å². The highest BCUT2D eigenvalue weighted by atomic mass is 16.2. The number of piperazine rings is 1. The van der Waals surface area contributed by atoms with E-state index in [1.165, 1.54) is 11.1 Å². The normalized spacial score (nSPS) is 18.4. The van der Waals surface area contributed by atoms with E-state index in [-0.39, 0.29) is 18.5 Å². The van der Waals surface area contributed by atoms with Crippen LogP contribution in [0.3, 0.4) is 0 Å². The van der Waals surface area contributed by atoms with Crippen molar-refractivity contribution >= 4 is 22.4 Å². The molecule has 1 amide bonds. The molecule has 1 aliphatic rings. The van der Waals surface area contributed by atoms with Gasteiger partial charge in [-0.3, -0.25) is 9.78 Å². The number of carbonyl (C=O) groups excluding carboxylic acids is 1. The summed E-state index contributed by atoms with van der Waals surface area (Å²) in [5, 5.41) is 2.37. The van der Waals surface area contributed by atoms with Crippen molar-refractivity contribution in [2.45, 2.75) is 26.3 Å². The monoisotopic (exact) mass is 326 g/mol. The van der Waals surface area contributed by atoms with Crippen LogP contribution in [0.1, 0.15) is 20.3 Å². The summed E-state index contributed by atoms with van der Waals surface area (Å²) >= 11 is 0. The van der Waals surface area contributed by atoms with E-state index < -0.39 is 0 Å². The van der Waals surface area contributed by atoms with E-state index in [0.717, 1.165) is 31.4 Å². The Balaban J connectivity index is 1.88. The van der Waals surface area contributed by atoms with Crippen LogP contribution in [0.15, 0.2) is 36.7 Å². The molecule has 5 nitrogen and oxygen atoms in total. The second-order valence-electron chi connectivity index (χ2n) is 6.89. The number of fused-ring (bicyclic) bond motifs is 1. The number of hydrogen-bond acceptors (Lipinski definition) is 4. The molecule has 0 saturated carbocycles. The maximum absolute atomic E-state index is 12.2. The quantitative estimate of drug-likeness (QED) is 0.936. The van der Waals surface area contributed by atoms with Gasteiger partial charge >= 0.3 is 0 Å². The van der Waals surface area contributed by atoms with Gasteiger partial charge in [-0.2, -0.15) is 0 Å². The number of rotatable bonds is 4. The van der Waals surface area contributed by atoms with E-state index in [1.807, 2.05) is 17.3 Å². The second kappa shape index (κ2) is 7.18. The second-order valence-corrected chi connectivity index (χ2v) is 6.89. The molecule has 2 aromatic rings. The average Bonchev–Trinajstić information content (AvgIpc) is 2.60. The number of nitrogens with zero attached hydrogens (tertiary/aromatic N) is 3. The van der Waals surface area contributed by atoms with Crippen LogP contribution in [0, 0.1) is 5.92 Å². The Labute approximate surface area is 143 Å². The van der Waals surface area contributed by atoms with Crippen molar-refractivity contribution in [3.63, 3.8) is 0 Å². The summed E-state index contributed by atoms with van der Waals surface area (Å²) in [7, 11) is 0. The maximum atomic E-state index is 12.2. The molecular formula is C19H26N4O. The van der Waals surface area contributed by atoms with Crippen LogP contribution in [0.25, 0.3) is 10.8 Å². The van der Waals surface area contributed by atoms with Crippen LogP contribution < -0.4 is 10.6 Å². The third kappa shape index (κ3) is 3.36. The van der Waals surface area contributed by atoms with Crippen molar-refractivity contribution in [1.29, 1.82) is 0 Å². The van der Waals surface area contributed by atoms with Gasteiger partial charge in [0, 0.05) is 54.5 Å². The smallest absolute Gasteiger partial charge is 0.236 e. The first-order chi connectivity index (χ1) is 11.6. The number of anilines is 1. The zero-order valence-corrected chi connectivity index (χ0v) is 14.5. The van der Waals surface area contributed by atoms with Gasteiger partial charge in [0.15, 0.2) is 0 Å². The summed E-state index contributed by atoms with van der Waals surface area (Å²) in [6, 6.07) is 8.61. The van der Waals surface area contributed by atoms with Crippen molar-refractivity contribution in [1.82, 2.24) is 9.88 Å². The molecule has 0 aliphatic carbocycles. The molecule has 1 saturated heterocycles. The molecule has 0 bridgehead atoms. The van der Waals surface area contributed by atoms with Gasteiger partial charge in [0.1, 0.15) is 0 Å². The molecule has 1 unspecified atom stereocenters. The van der Waals surface area contributed by atoms with Gasteiger partial charge in [0.2, 0.25) is 5.91 Å². The van der Waals surface area contributed by atoms with Crippen LogP contribution in [-0.2, 0) is 4.79 Å². The summed E-state index contributed by atoms with van der Waals surface area (Å²) in [6.45, 7) is 6.91. The van der Waals surface area contributed by atoms with Crippen molar-refractivity contribution in [2.75, 3.05) is 31.1 Å². The fourth-order valence-corrected chi connectivity index (χ4v) is 3.65. The Morgan fingerprint density at radius 1 is 1.33 bits per heavy atom. The molecule has 24 heavy (non-hydrogen) atoms. The Bertz CT molecular complexity index is 710. The highest BCUT2D eigenvalue weighted by Crippen LogP contribution is 2.29. The third-order valence-corrected chi connectivity index (χ3v) is 4.72. The molecular weight excluding hydrogens is 300 g/mol. The van der Waals surface area contributed by atoms with Gasteiger partial charge in [-0.05, 0) is 24.5 Å². The molecule has 5 heteroatoms. The first-order valence-electron chi connectivity index (χ1n) is 8.67. The lowest BCUT2D eigenvalue weighted by molar-refractivity contribution is -0.132. The topological polar surface area (TPSA) is 62.5 Å². The van der Waals surface area contributed by atoms with Crippen molar-refractivity contribution in [3.05, 3.63) is 36.7 Å². The molecule has 2 heterocycles. The zero-order chi connectivity index (χ0) is 17.1. The highest BCUT2D eigenvalue weighted by Gasteiger charge is 2.30. The van der Waals surface area contributed by atoms with Crippen LogP contribution in [-0.4, -0.2) is 48.0 Å². The summed E-state index contributed by atoms with van der Waals surface area (Å²) in [5.41, 5.74) is 6.83. The Hall–Kier alpha value is -2.14. The molecule has 128 valence electrons. The van der Waals surface area contributed by atoms with Crippen molar-refractivity contribution in [2.24, 2.45) is 11.7 Å². The molecule has 1 aliphatic heterocycles. The van der Waals surface area contributed by atoms with Crippen LogP contribution in [0.2, 0.25) is 0 Å². The fourth-order valence-electron chi connectivity index (χ4n) is 3.65. The minimum atomic E-state index is 0.0578. The van der Waals surface area contributed by atoms with Gasteiger partial charge in [0.05, 0.1) is 6.54 Å². The lowest BCUT2D eigenvalue weighted by atomic mass is 9.99. The third-order valence-electron chi connectivity index (χ3n) is 4.72. The minimum Gasteiger partial charge on any atom is -0.367 e. The van der Waals surface area contributed by atoms with Crippen LogP contribution >= 0.6 is 0 Å². The zero-order valence-electron chi connectivity index (χ0n) is 14.5. The minimum absolute atomic E-state index is 0.0578. The molecule has 3 rings (SSSR count). The number of nitrogens with two attached hydrogens (primary N) is 1. The summed E-state index contributed by atoms with van der Waals surface area (Å²) in [4.78, 5) is 20.8. The molecule has 1 aromatic heterocycles. The Kier molecular flexibility index (Phi) is 5.00. The number of aromatic nitrogens is 1. The molecule has 1 aromatic carbocycles. The lowest BCUT2D eigenvalue weighted by Crippen LogP contribution is -2.57. The number of hydrogen-bond donors (Lipinski definition) is 1. The van der Waals surface area contributed by atoms with Crippen LogP contribution in [0.4, 0.5) is 5.69 Å². The summed E-state index contributed by atoms with van der Waals surface area (Å²) in [6.07, 6.45) is 4.73. The number of carbonyl (C=O) groups is 1. The Morgan fingerprint density at radius 3 is 2.92 bits per heavy atom. The van der Waals surface area contributed by atoms with E-state index in [4.69, 9.17) is 5.73 Å². The van der Waals surface area contributed by atoms with E-state index in [9.17, 15) is 4.79 Å². The first kappa shape index (κ1) is 16.7. The lowest BCUT2D eigenvalue weighted by Gasteiger charge is -2.43. The van der Waals surface area contributed by atoms with E-state index in [2.05, 4.69) is 48.0 Å². The number of benzene rings is 1. The molecule has 0 spiro atoms. The maximum Gasteiger partial charge on any atom is 0.236 e. The van der Waals surface area contributed by atoms with Gasteiger partial charge in [-0.15, -0.1) is 0 Å². The standard InChI is InChI=1S/C19H26N4O/c1-14(2)10-16-13-22(8-9-23(16)19(24)11-20)18-5-3-4-15-12-21-7-6-17(15)18/h3-7,12,14,16H,8-11,13,20H2,1-2H3. The average molecular weight is 326 g/mol. The van der Waals surface area contributed by atoms with Crippen molar-refractivity contribution < 1.29 is 4.79 Å². The number of amides is 1. The molecule has 1 atom stereocenters. The van der Waals surface area contributed by atoms with Crippen molar-refractivity contribution in [3.8, 4) is 0 Å². The molecule has 0 radical (unpaired) electrons. The van der Waals surface area contributed by atoms with E-state index >= 15 is 0 Å². The van der Waals surface area contributed by atoms with E-state index in [0.29, 0.717) is 5.92 Å². The number of pyridine rings is 1. The highest BCUT2D eigenvalue weighted by molar-refractivity contribution is 5.93. The Morgan fingerprint density at radius 2 is 2.17 bits per heavy atom. The predicted molar refractivity (Wildman–Crippen MR) is 98.0 cm³/mol. The molecule has 1 fully saturated rings. The summed E-state index contributed by atoms with van der Waals surface area (Å²) in [5.74, 6) is 0.599.